The summed E-state index contributed by atoms with van der Waals surface area (Å²) in [5, 5.41) is 8.42. The van der Waals surface area contributed by atoms with Gasteiger partial charge in [0.25, 0.3) is 0 Å². The summed E-state index contributed by atoms with van der Waals surface area (Å²) < 4.78 is 3.80. The number of rotatable bonds is 2. The van der Waals surface area contributed by atoms with E-state index in [4.69, 9.17) is 0 Å². The summed E-state index contributed by atoms with van der Waals surface area (Å²) in [4.78, 5) is 0. The monoisotopic (exact) mass is 190 g/mol. The molecule has 0 aliphatic carbocycles. The lowest BCUT2D eigenvalue weighted by molar-refractivity contribution is 0.532. The zero-order chi connectivity index (χ0) is 10.1. The highest BCUT2D eigenvalue weighted by atomic mass is 15.3. The van der Waals surface area contributed by atoms with E-state index >= 15 is 0 Å². The van der Waals surface area contributed by atoms with Crippen LogP contribution in [0.3, 0.4) is 0 Å². The number of hydrogen-bond acceptors (Lipinski definition) is 2. The van der Waals surface area contributed by atoms with Gasteiger partial charge in [-0.05, 0) is 19.9 Å². The maximum absolute atomic E-state index is 4.29. The van der Waals surface area contributed by atoms with Crippen LogP contribution in [-0.4, -0.2) is 19.6 Å². The van der Waals surface area contributed by atoms with Crippen molar-refractivity contribution in [3.8, 4) is 11.3 Å². The minimum absolute atomic E-state index is 0.400. The van der Waals surface area contributed by atoms with E-state index in [9.17, 15) is 0 Å². The van der Waals surface area contributed by atoms with Crippen molar-refractivity contribution in [3.05, 3.63) is 24.7 Å². The Kier molecular flexibility index (Phi) is 2.11. The van der Waals surface area contributed by atoms with E-state index in [-0.39, 0.29) is 0 Å². The van der Waals surface area contributed by atoms with Crippen LogP contribution in [0, 0.1) is 0 Å². The molecule has 0 saturated heterocycles. The molecule has 0 N–H and O–H groups in total. The molecule has 4 nitrogen and oxygen atoms in total. The highest BCUT2D eigenvalue weighted by Crippen LogP contribution is 2.18. The highest BCUT2D eigenvalue weighted by Gasteiger charge is 2.06. The largest absolute Gasteiger partial charge is 0.270 e. The van der Waals surface area contributed by atoms with Gasteiger partial charge in [0.05, 0.1) is 11.9 Å². The smallest absolute Gasteiger partial charge is 0.0710 e. The molecule has 2 rings (SSSR count). The zero-order valence-corrected chi connectivity index (χ0v) is 8.68. The first-order valence-electron chi connectivity index (χ1n) is 4.71. The van der Waals surface area contributed by atoms with Crippen LogP contribution in [0.15, 0.2) is 24.7 Å². The Morgan fingerprint density at radius 3 is 2.57 bits per heavy atom. The van der Waals surface area contributed by atoms with Gasteiger partial charge in [-0.1, -0.05) is 0 Å². The topological polar surface area (TPSA) is 35.6 Å². The summed E-state index contributed by atoms with van der Waals surface area (Å²) >= 11 is 0. The lowest BCUT2D eigenvalue weighted by Crippen LogP contribution is -1.99. The fourth-order valence-corrected chi connectivity index (χ4v) is 1.41. The predicted octanol–water partition coefficient (Wildman–Crippen LogP) is 1.86. The maximum Gasteiger partial charge on any atom is 0.0710 e. The van der Waals surface area contributed by atoms with E-state index in [1.807, 2.05) is 34.9 Å². The lowest BCUT2D eigenvalue weighted by Gasteiger charge is -2.03. The van der Waals surface area contributed by atoms with Gasteiger partial charge < -0.3 is 0 Å². The van der Waals surface area contributed by atoms with Gasteiger partial charge in [0.1, 0.15) is 0 Å². The number of aryl methyl sites for hydroxylation is 1. The van der Waals surface area contributed by atoms with E-state index < -0.39 is 0 Å². The molecule has 0 fully saturated rings. The average molecular weight is 190 g/mol. The van der Waals surface area contributed by atoms with Gasteiger partial charge in [-0.25, -0.2) is 0 Å². The first kappa shape index (κ1) is 8.99. The van der Waals surface area contributed by atoms with Crippen molar-refractivity contribution in [1.29, 1.82) is 0 Å². The van der Waals surface area contributed by atoms with Gasteiger partial charge in [0, 0.05) is 31.0 Å². The maximum atomic E-state index is 4.29. The molecule has 14 heavy (non-hydrogen) atoms. The standard InChI is InChI=1S/C10H14N4/c1-8(2)14-7-9(6-12-14)10-4-5-11-13(10)3/h4-8H,1-3H3. The second-order valence-corrected chi connectivity index (χ2v) is 3.64. The quantitative estimate of drug-likeness (QED) is 0.724. The fraction of sp³-hybridized carbons (Fsp3) is 0.400. The Morgan fingerprint density at radius 2 is 2.07 bits per heavy atom. The van der Waals surface area contributed by atoms with Gasteiger partial charge in [-0.15, -0.1) is 0 Å². The second-order valence-electron chi connectivity index (χ2n) is 3.64. The Morgan fingerprint density at radius 1 is 1.29 bits per heavy atom. The van der Waals surface area contributed by atoms with Crippen LogP contribution in [0.4, 0.5) is 0 Å². The van der Waals surface area contributed by atoms with Gasteiger partial charge in [-0.3, -0.25) is 9.36 Å². The van der Waals surface area contributed by atoms with Crippen LogP contribution in [0.1, 0.15) is 19.9 Å². The van der Waals surface area contributed by atoms with Crippen LogP contribution in [0.5, 0.6) is 0 Å². The molecule has 0 amide bonds. The molecule has 2 aromatic heterocycles. The van der Waals surface area contributed by atoms with Crippen molar-refractivity contribution in [2.75, 3.05) is 0 Å². The van der Waals surface area contributed by atoms with Crippen LogP contribution in [-0.2, 0) is 7.05 Å². The Hall–Kier alpha value is -1.58. The number of hydrogen-bond donors (Lipinski definition) is 0. The molecule has 0 aliphatic heterocycles. The molecule has 0 aliphatic rings. The summed E-state index contributed by atoms with van der Waals surface area (Å²) in [6, 6.07) is 2.39. The van der Waals surface area contributed by atoms with Crippen molar-refractivity contribution >= 4 is 0 Å². The summed E-state index contributed by atoms with van der Waals surface area (Å²) in [5.74, 6) is 0. The van der Waals surface area contributed by atoms with Crippen molar-refractivity contribution < 1.29 is 0 Å². The highest BCUT2D eigenvalue weighted by molar-refractivity contribution is 5.56. The zero-order valence-electron chi connectivity index (χ0n) is 8.68. The molecular weight excluding hydrogens is 176 g/mol. The third-order valence-electron chi connectivity index (χ3n) is 2.25. The number of aromatic nitrogens is 4. The molecule has 2 aromatic rings. The van der Waals surface area contributed by atoms with Gasteiger partial charge >= 0.3 is 0 Å². The third kappa shape index (κ3) is 1.43. The molecule has 0 atom stereocenters. The Bertz CT molecular complexity index is 425. The second kappa shape index (κ2) is 3.29. The minimum atomic E-state index is 0.400. The Labute approximate surface area is 83.2 Å². The van der Waals surface area contributed by atoms with Crippen LogP contribution in [0.25, 0.3) is 11.3 Å². The molecule has 74 valence electrons. The Balaban J connectivity index is 2.39. The van der Waals surface area contributed by atoms with E-state index in [0.717, 1.165) is 11.3 Å². The molecule has 0 saturated carbocycles. The summed E-state index contributed by atoms with van der Waals surface area (Å²) in [6.07, 6.45) is 5.71. The van der Waals surface area contributed by atoms with Gasteiger partial charge in [-0.2, -0.15) is 10.2 Å². The minimum Gasteiger partial charge on any atom is -0.270 e. The molecule has 0 radical (unpaired) electrons. The average Bonchev–Trinajstić information content (AvgIpc) is 2.71. The molecule has 4 heteroatoms. The predicted molar refractivity (Wildman–Crippen MR) is 54.8 cm³/mol. The van der Waals surface area contributed by atoms with Crippen molar-refractivity contribution in [1.82, 2.24) is 19.6 Å². The van der Waals surface area contributed by atoms with E-state index in [0.29, 0.717) is 6.04 Å². The van der Waals surface area contributed by atoms with Crippen molar-refractivity contribution in [2.45, 2.75) is 19.9 Å². The first-order valence-corrected chi connectivity index (χ1v) is 4.71. The van der Waals surface area contributed by atoms with Gasteiger partial charge in [0.15, 0.2) is 0 Å². The van der Waals surface area contributed by atoms with Crippen molar-refractivity contribution in [2.24, 2.45) is 7.05 Å². The van der Waals surface area contributed by atoms with Gasteiger partial charge in [0.2, 0.25) is 0 Å². The molecule has 2 heterocycles. The summed E-state index contributed by atoms with van der Waals surface area (Å²) in [7, 11) is 1.93. The van der Waals surface area contributed by atoms with E-state index in [1.54, 1.807) is 6.20 Å². The molecule has 0 spiro atoms. The normalized spacial score (nSPS) is 11.1. The fourth-order valence-electron chi connectivity index (χ4n) is 1.41. The number of nitrogens with zero attached hydrogens (tertiary/aromatic N) is 4. The van der Waals surface area contributed by atoms with Crippen LogP contribution >= 0.6 is 0 Å². The van der Waals surface area contributed by atoms with E-state index in [1.165, 1.54) is 0 Å². The van der Waals surface area contributed by atoms with Crippen molar-refractivity contribution in [3.63, 3.8) is 0 Å². The molecule has 0 unspecified atom stereocenters. The van der Waals surface area contributed by atoms with Crippen LogP contribution in [0.2, 0.25) is 0 Å². The van der Waals surface area contributed by atoms with Crippen LogP contribution < -0.4 is 0 Å². The SMILES string of the molecule is CC(C)n1cc(-c2ccnn2C)cn1. The summed E-state index contributed by atoms with van der Waals surface area (Å²) in [6.45, 7) is 4.22. The summed E-state index contributed by atoms with van der Waals surface area (Å²) in [5.41, 5.74) is 2.20. The molecule has 0 bridgehead atoms. The molecular formula is C10H14N4. The third-order valence-corrected chi connectivity index (χ3v) is 2.25. The molecule has 0 aromatic carbocycles. The lowest BCUT2D eigenvalue weighted by atomic mass is 10.2. The van der Waals surface area contributed by atoms with E-state index in [2.05, 4.69) is 24.0 Å². The first-order chi connectivity index (χ1) is 6.68.